The van der Waals surface area contributed by atoms with E-state index in [4.69, 9.17) is 0 Å². The molecule has 1 atom stereocenters. The van der Waals surface area contributed by atoms with Crippen LogP contribution >= 0.6 is 15.9 Å². The van der Waals surface area contributed by atoms with Gasteiger partial charge in [-0.3, -0.25) is 9.69 Å². The largest absolute Gasteiger partial charge is 0.453 e. The molecule has 0 rings (SSSR count). The number of Topliss-reactive ketones (excluding diaryl/α,β-unsaturated/α-hetero) is 1. The number of nitrogens with zero attached hydrogens (tertiary/aromatic N) is 1. The molecule has 0 aliphatic rings. The molecule has 0 aromatic rings. The van der Waals surface area contributed by atoms with Crippen molar-refractivity contribution in [3.63, 3.8) is 0 Å². The Hall–Kier alpha value is -0.580. The lowest BCUT2D eigenvalue weighted by atomic mass is 10.2. The molecule has 0 fully saturated rings. The molecule has 1 unspecified atom stereocenters. The van der Waals surface area contributed by atoms with Crippen molar-refractivity contribution in [2.24, 2.45) is 0 Å². The number of ether oxygens (including phenoxy) is 1. The maximum atomic E-state index is 11.3. The number of halogens is 1. The van der Waals surface area contributed by atoms with E-state index >= 15 is 0 Å². The van der Waals surface area contributed by atoms with Crippen LogP contribution in [0.25, 0.3) is 0 Å². The average Bonchev–Trinajstić information content (AvgIpc) is 2.23. The van der Waals surface area contributed by atoms with Gasteiger partial charge in [-0.15, -0.1) is 0 Å². The van der Waals surface area contributed by atoms with Crippen molar-refractivity contribution in [1.82, 2.24) is 4.90 Å². The molecule has 0 aromatic carbocycles. The van der Waals surface area contributed by atoms with Crippen LogP contribution in [0.3, 0.4) is 0 Å². The quantitative estimate of drug-likeness (QED) is 0.713. The molecule has 0 radical (unpaired) electrons. The number of carbonyl (C=O) groups excluding carboxylic acids is 2. The van der Waals surface area contributed by atoms with Crippen LogP contribution in [0.1, 0.15) is 20.3 Å². The molecule has 4 nitrogen and oxygen atoms in total. The highest BCUT2D eigenvalue weighted by molar-refractivity contribution is 9.09. The van der Waals surface area contributed by atoms with E-state index in [0.717, 1.165) is 6.42 Å². The molecular formula is C9H16BrNO3. The number of hydrogen-bond donors (Lipinski definition) is 0. The molecule has 0 bridgehead atoms. The normalized spacial score (nSPS) is 12.0. The van der Waals surface area contributed by atoms with Crippen LogP contribution in [0.15, 0.2) is 0 Å². The minimum atomic E-state index is -0.450. The van der Waals surface area contributed by atoms with Crippen LogP contribution in [0, 0.1) is 0 Å². The minimum Gasteiger partial charge on any atom is -0.453 e. The van der Waals surface area contributed by atoms with E-state index < -0.39 is 6.09 Å². The van der Waals surface area contributed by atoms with E-state index in [1.165, 1.54) is 12.0 Å². The SMILES string of the molecule is CCC(C)N(CC(=O)CBr)C(=O)OC. The second-order valence-electron chi connectivity index (χ2n) is 3.03. The third-order valence-electron chi connectivity index (χ3n) is 2.03. The smallest absolute Gasteiger partial charge is 0.410 e. The van der Waals surface area contributed by atoms with Crippen molar-refractivity contribution in [2.75, 3.05) is 19.0 Å². The molecule has 0 N–H and O–H groups in total. The highest BCUT2D eigenvalue weighted by atomic mass is 79.9. The molecule has 5 heteroatoms. The van der Waals surface area contributed by atoms with Gasteiger partial charge in [0.2, 0.25) is 0 Å². The summed E-state index contributed by atoms with van der Waals surface area (Å²) in [5.41, 5.74) is 0. The molecule has 0 saturated carbocycles. The fraction of sp³-hybridized carbons (Fsp3) is 0.778. The van der Waals surface area contributed by atoms with Crippen LogP contribution in [0.4, 0.5) is 4.79 Å². The first-order valence-corrected chi connectivity index (χ1v) is 5.61. The lowest BCUT2D eigenvalue weighted by Crippen LogP contribution is -2.42. The maximum Gasteiger partial charge on any atom is 0.410 e. The van der Waals surface area contributed by atoms with Crippen LogP contribution in [0.5, 0.6) is 0 Å². The fourth-order valence-electron chi connectivity index (χ4n) is 0.970. The monoisotopic (exact) mass is 265 g/mol. The van der Waals surface area contributed by atoms with Gasteiger partial charge >= 0.3 is 6.09 Å². The Labute approximate surface area is 92.7 Å². The second kappa shape index (κ2) is 6.81. The average molecular weight is 266 g/mol. The summed E-state index contributed by atoms with van der Waals surface area (Å²) < 4.78 is 4.60. The van der Waals surface area contributed by atoms with E-state index in [1.54, 1.807) is 0 Å². The summed E-state index contributed by atoms with van der Waals surface area (Å²) in [5.74, 6) is -0.0318. The van der Waals surface area contributed by atoms with Crippen molar-refractivity contribution in [3.8, 4) is 0 Å². The minimum absolute atomic E-state index is 0.0189. The van der Waals surface area contributed by atoms with Gasteiger partial charge in [0.25, 0.3) is 0 Å². The Morgan fingerprint density at radius 1 is 1.50 bits per heavy atom. The van der Waals surface area contributed by atoms with Gasteiger partial charge in [-0.05, 0) is 13.3 Å². The van der Waals surface area contributed by atoms with E-state index in [-0.39, 0.29) is 23.7 Å². The van der Waals surface area contributed by atoms with Crippen LogP contribution < -0.4 is 0 Å². The predicted octanol–water partition coefficient (Wildman–Crippen LogP) is 1.82. The van der Waals surface area contributed by atoms with Crippen LogP contribution in [-0.2, 0) is 9.53 Å². The topological polar surface area (TPSA) is 46.6 Å². The molecule has 14 heavy (non-hydrogen) atoms. The molecule has 0 spiro atoms. The summed E-state index contributed by atoms with van der Waals surface area (Å²) in [6.07, 6.45) is 0.346. The lowest BCUT2D eigenvalue weighted by molar-refractivity contribution is -0.117. The second-order valence-corrected chi connectivity index (χ2v) is 3.59. The van der Waals surface area contributed by atoms with Gasteiger partial charge in [0.15, 0.2) is 5.78 Å². The summed E-state index contributed by atoms with van der Waals surface area (Å²) in [7, 11) is 1.32. The number of ketones is 1. The van der Waals surface area contributed by atoms with Crippen molar-refractivity contribution in [3.05, 3.63) is 0 Å². The van der Waals surface area contributed by atoms with Gasteiger partial charge < -0.3 is 4.74 Å². The van der Waals surface area contributed by atoms with Gasteiger partial charge in [-0.1, -0.05) is 22.9 Å². The van der Waals surface area contributed by atoms with Crippen molar-refractivity contribution in [2.45, 2.75) is 26.3 Å². The maximum absolute atomic E-state index is 11.3. The molecule has 0 saturated heterocycles. The number of methoxy groups -OCH3 is 1. The Morgan fingerprint density at radius 3 is 2.43 bits per heavy atom. The van der Waals surface area contributed by atoms with Crippen LogP contribution in [-0.4, -0.2) is 41.8 Å². The summed E-state index contributed by atoms with van der Waals surface area (Å²) in [5, 5.41) is 0.261. The summed E-state index contributed by atoms with van der Waals surface area (Å²) in [6, 6.07) is 0.0189. The fourth-order valence-corrected chi connectivity index (χ4v) is 1.15. The summed E-state index contributed by atoms with van der Waals surface area (Å²) in [4.78, 5) is 23.9. The van der Waals surface area contributed by atoms with Gasteiger partial charge in [-0.2, -0.15) is 0 Å². The number of rotatable bonds is 5. The van der Waals surface area contributed by atoms with E-state index in [9.17, 15) is 9.59 Å². The number of alkyl halides is 1. The summed E-state index contributed by atoms with van der Waals surface area (Å²) in [6.45, 7) is 3.95. The van der Waals surface area contributed by atoms with Crippen molar-refractivity contribution < 1.29 is 14.3 Å². The Morgan fingerprint density at radius 2 is 2.07 bits per heavy atom. The number of carbonyl (C=O) groups is 2. The third-order valence-corrected chi connectivity index (χ3v) is 2.65. The zero-order valence-electron chi connectivity index (χ0n) is 8.75. The van der Waals surface area contributed by atoms with E-state index in [2.05, 4.69) is 20.7 Å². The van der Waals surface area contributed by atoms with Crippen molar-refractivity contribution >= 4 is 27.8 Å². The molecule has 0 heterocycles. The van der Waals surface area contributed by atoms with E-state index in [0.29, 0.717) is 0 Å². The molecule has 0 aromatic heterocycles. The zero-order valence-corrected chi connectivity index (χ0v) is 10.3. The standard InChI is InChI=1S/C9H16BrNO3/c1-4-7(2)11(9(13)14-3)6-8(12)5-10/h7H,4-6H2,1-3H3. The molecule has 82 valence electrons. The van der Waals surface area contributed by atoms with Gasteiger partial charge in [0.1, 0.15) is 0 Å². The lowest BCUT2D eigenvalue weighted by Gasteiger charge is -2.25. The van der Waals surface area contributed by atoms with E-state index in [1.807, 2.05) is 13.8 Å². The Bertz CT molecular complexity index is 208. The van der Waals surface area contributed by atoms with Crippen LogP contribution in [0.2, 0.25) is 0 Å². The number of amides is 1. The van der Waals surface area contributed by atoms with Crippen molar-refractivity contribution in [1.29, 1.82) is 0 Å². The third kappa shape index (κ3) is 4.09. The Kier molecular flexibility index (Phi) is 6.53. The highest BCUT2D eigenvalue weighted by Gasteiger charge is 2.21. The number of hydrogen-bond acceptors (Lipinski definition) is 3. The van der Waals surface area contributed by atoms with Gasteiger partial charge in [-0.25, -0.2) is 4.79 Å². The predicted molar refractivity (Wildman–Crippen MR) is 57.7 cm³/mol. The van der Waals surface area contributed by atoms with Gasteiger partial charge in [0.05, 0.1) is 19.0 Å². The first kappa shape index (κ1) is 13.4. The van der Waals surface area contributed by atoms with Gasteiger partial charge in [0, 0.05) is 6.04 Å². The Balaban J connectivity index is 4.39. The molecule has 1 amide bonds. The first-order chi connectivity index (χ1) is 6.56. The first-order valence-electron chi connectivity index (χ1n) is 4.49. The zero-order chi connectivity index (χ0) is 11.1. The molecule has 0 aliphatic heterocycles. The molecule has 0 aliphatic carbocycles. The molecular weight excluding hydrogens is 250 g/mol. The summed E-state index contributed by atoms with van der Waals surface area (Å²) >= 11 is 3.06. The highest BCUT2D eigenvalue weighted by Crippen LogP contribution is 2.05.